The second-order valence-corrected chi connectivity index (χ2v) is 5.06. The number of hydrogen-bond donors (Lipinski definition) is 1. The molecule has 0 saturated carbocycles. The van der Waals surface area contributed by atoms with Gasteiger partial charge in [0.05, 0.1) is 6.10 Å². The number of nitrogens with zero attached hydrogens (tertiary/aromatic N) is 2. The molecule has 1 aromatic heterocycles. The molecule has 2 N–H and O–H groups in total. The van der Waals surface area contributed by atoms with Gasteiger partial charge in [0.25, 0.3) is 0 Å². The van der Waals surface area contributed by atoms with Crippen molar-refractivity contribution >= 4 is 5.82 Å². The maximum atomic E-state index is 5.85. The quantitative estimate of drug-likeness (QED) is 0.867. The molecule has 4 heteroatoms. The molecule has 18 heavy (non-hydrogen) atoms. The van der Waals surface area contributed by atoms with Crippen LogP contribution in [0.25, 0.3) is 0 Å². The van der Waals surface area contributed by atoms with Crippen LogP contribution in [0.5, 0.6) is 0 Å². The normalized spacial score (nSPS) is 20.2. The minimum atomic E-state index is 0.451. The van der Waals surface area contributed by atoms with Crippen LogP contribution in [0.2, 0.25) is 0 Å². The van der Waals surface area contributed by atoms with Crippen molar-refractivity contribution in [2.24, 2.45) is 0 Å². The van der Waals surface area contributed by atoms with Crippen LogP contribution in [-0.4, -0.2) is 36.2 Å². The average Bonchev–Trinajstić information content (AvgIpc) is 2.40. The summed E-state index contributed by atoms with van der Waals surface area (Å²) in [7, 11) is 2.12. The molecule has 1 atom stereocenters. The molecule has 0 bridgehead atoms. The van der Waals surface area contributed by atoms with E-state index in [-0.39, 0.29) is 0 Å². The Morgan fingerprint density at radius 3 is 3.11 bits per heavy atom. The summed E-state index contributed by atoms with van der Waals surface area (Å²) in [4.78, 5) is 6.39. The van der Waals surface area contributed by atoms with E-state index in [9.17, 15) is 0 Å². The predicted octanol–water partition coefficient (Wildman–Crippen LogP) is 2.05. The van der Waals surface area contributed by atoms with Crippen LogP contribution in [0, 0.1) is 0 Å². The molecule has 4 nitrogen and oxygen atoms in total. The van der Waals surface area contributed by atoms with E-state index in [2.05, 4.69) is 16.9 Å². The van der Waals surface area contributed by atoms with Gasteiger partial charge >= 0.3 is 0 Å². The molecule has 0 radical (unpaired) electrons. The van der Waals surface area contributed by atoms with E-state index in [1.54, 1.807) is 6.20 Å². The summed E-state index contributed by atoms with van der Waals surface area (Å²) >= 11 is 0. The third-order valence-corrected chi connectivity index (χ3v) is 3.47. The number of anilines is 1. The summed E-state index contributed by atoms with van der Waals surface area (Å²) < 4.78 is 5.74. The Morgan fingerprint density at radius 1 is 1.50 bits per heavy atom. The number of pyridine rings is 1. The number of hydrogen-bond acceptors (Lipinski definition) is 4. The van der Waals surface area contributed by atoms with Crippen LogP contribution in [-0.2, 0) is 11.3 Å². The van der Waals surface area contributed by atoms with Crippen LogP contribution in [0.4, 0.5) is 5.82 Å². The zero-order chi connectivity index (χ0) is 12.8. The van der Waals surface area contributed by atoms with Crippen molar-refractivity contribution in [3.63, 3.8) is 0 Å². The molecule has 2 rings (SSSR count). The summed E-state index contributed by atoms with van der Waals surface area (Å²) in [6.07, 6.45) is 7.03. The van der Waals surface area contributed by atoms with Crippen molar-refractivity contribution in [2.45, 2.75) is 38.3 Å². The molecule has 0 aromatic carbocycles. The van der Waals surface area contributed by atoms with E-state index in [4.69, 9.17) is 10.5 Å². The smallest absolute Gasteiger partial charge is 0.127 e. The largest absolute Gasteiger partial charge is 0.383 e. The maximum absolute atomic E-state index is 5.85. The molecule has 0 unspecified atom stereocenters. The Kier molecular flexibility index (Phi) is 4.96. The highest BCUT2D eigenvalue weighted by Gasteiger charge is 2.14. The van der Waals surface area contributed by atoms with Gasteiger partial charge in [0.2, 0.25) is 0 Å². The number of nitrogens with two attached hydrogens (primary N) is 1. The molecule has 100 valence electrons. The topological polar surface area (TPSA) is 51.4 Å². The second-order valence-electron chi connectivity index (χ2n) is 5.06. The highest BCUT2D eigenvalue weighted by atomic mass is 16.5. The van der Waals surface area contributed by atoms with Gasteiger partial charge in [-0.15, -0.1) is 0 Å². The van der Waals surface area contributed by atoms with E-state index in [1.165, 1.54) is 19.3 Å². The monoisotopic (exact) mass is 249 g/mol. The lowest BCUT2D eigenvalue weighted by molar-refractivity contribution is 0.00641. The standard InChI is InChI=1S/C14H23N3O/c1-17(9-7-13-6-2-3-10-18-13)11-12-5-4-8-16-14(12)15/h4-5,8,13H,2-3,6-7,9-11H2,1H3,(H2,15,16)/t13-/m1/s1. The number of rotatable bonds is 5. The van der Waals surface area contributed by atoms with Crippen molar-refractivity contribution in [1.82, 2.24) is 9.88 Å². The first-order valence-corrected chi connectivity index (χ1v) is 6.75. The van der Waals surface area contributed by atoms with Gasteiger partial charge < -0.3 is 15.4 Å². The fraction of sp³-hybridized carbons (Fsp3) is 0.643. The Balaban J connectivity index is 1.74. The Hall–Kier alpha value is -1.13. The van der Waals surface area contributed by atoms with E-state index in [1.807, 2.05) is 12.1 Å². The third kappa shape index (κ3) is 3.96. The molecule has 0 amide bonds. The van der Waals surface area contributed by atoms with Gasteiger partial charge in [0.15, 0.2) is 0 Å². The lowest BCUT2D eigenvalue weighted by atomic mass is 10.1. The zero-order valence-corrected chi connectivity index (χ0v) is 11.1. The fourth-order valence-electron chi connectivity index (χ4n) is 2.35. The van der Waals surface area contributed by atoms with Crippen LogP contribution < -0.4 is 5.73 Å². The van der Waals surface area contributed by atoms with Crippen molar-refractivity contribution in [1.29, 1.82) is 0 Å². The maximum Gasteiger partial charge on any atom is 0.127 e. The number of ether oxygens (including phenoxy) is 1. The number of aromatic nitrogens is 1. The summed E-state index contributed by atoms with van der Waals surface area (Å²) in [5.74, 6) is 0.637. The average molecular weight is 249 g/mol. The molecular formula is C14H23N3O. The van der Waals surface area contributed by atoms with Gasteiger partial charge in [0, 0.05) is 31.5 Å². The van der Waals surface area contributed by atoms with Gasteiger partial charge in [-0.2, -0.15) is 0 Å². The van der Waals surface area contributed by atoms with Crippen LogP contribution in [0.3, 0.4) is 0 Å². The van der Waals surface area contributed by atoms with Crippen LogP contribution in [0.1, 0.15) is 31.2 Å². The lowest BCUT2D eigenvalue weighted by Gasteiger charge is -2.25. The minimum absolute atomic E-state index is 0.451. The molecule has 2 heterocycles. The highest BCUT2D eigenvalue weighted by molar-refractivity contribution is 5.38. The molecule has 1 aromatic rings. The van der Waals surface area contributed by atoms with Gasteiger partial charge in [-0.25, -0.2) is 4.98 Å². The molecule has 1 saturated heterocycles. The fourth-order valence-corrected chi connectivity index (χ4v) is 2.35. The summed E-state index contributed by atoms with van der Waals surface area (Å²) in [5, 5.41) is 0. The summed E-state index contributed by atoms with van der Waals surface area (Å²) in [6.45, 7) is 2.83. The van der Waals surface area contributed by atoms with E-state index >= 15 is 0 Å². The van der Waals surface area contributed by atoms with Gasteiger partial charge in [0.1, 0.15) is 5.82 Å². The molecule has 1 aliphatic rings. The SMILES string of the molecule is CN(CC[C@H]1CCCCO1)Cc1cccnc1N. The molecule has 1 fully saturated rings. The number of nitrogen functional groups attached to an aromatic ring is 1. The zero-order valence-electron chi connectivity index (χ0n) is 11.1. The molecule has 0 aliphatic carbocycles. The van der Waals surface area contributed by atoms with Gasteiger partial charge in [-0.1, -0.05) is 6.07 Å². The summed E-state index contributed by atoms with van der Waals surface area (Å²) in [5.41, 5.74) is 6.95. The molecule has 1 aliphatic heterocycles. The minimum Gasteiger partial charge on any atom is -0.383 e. The first-order chi connectivity index (χ1) is 8.75. The van der Waals surface area contributed by atoms with E-state index < -0.39 is 0 Å². The van der Waals surface area contributed by atoms with E-state index in [0.29, 0.717) is 11.9 Å². The first kappa shape index (κ1) is 13.3. The van der Waals surface area contributed by atoms with Crippen molar-refractivity contribution in [3.8, 4) is 0 Å². The Morgan fingerprint density at radius 2 is 2.39 bits per heavy atom. The highest BCUT2D eigenvalue weighted by Crippen LogP contribution is 2.16. The van der Waals surface area contributed by atoms with Crippen molar-refractivity contribution in [2.75, 3.05) is 25.9 Å². The Bertz CT molecular complexity index is 364. The first-order valence-electron chi connectivity index (χ1n) is 6.75. The molecular weight excluding hydrogens is 226 g/mol. The van der Waals surface area contributed by atoms with E-state index in [0.717, 1.165) is 31.7 Å². The van der Waals surface area contributed by atoms with Crippen LogP contribution in [0.15, 0.2) is 18.3 Å². The third-order valence-electron chi connectivity index (χ3n) is 3.47. The van der Waals surface area contributed by atoms with Crippen molar-refractivity contribution in [3.05, 3.63) is 23.9 Å². The molecule has 0 spiro atoms. The van der Waals surface area contributed by atoms with Gasteiger partial charge in [-0.05, 0) is 38.8 Å². The predicted molar refractivity (Wildman–Crippen MR) is 73.2 cm³/mol. The van der Waals surface area contributed by atoms with Crippen molar-refractivity contribution < 1.29 is 4.74 Å². The second kappa shape index (κ2) is 6.71. The summed E-state index contributed by atoms with van der Waals surface area (Å²) in [6, 6.07) is 3.97. The Labute approximate surface area is 109 Å². The lowest BCUT2D eigenvalue weighted by Crippen LogP contribution is -2.27. The van der Waals surface area contributed by atoms with Gasteiger partial charge in [-0.3, -0.25) is 0 Å². The van der Waals surface area contributed by atoms with Crippen LogP contribution >= 0.6 is 0 Å².